The minimum absolute atomic E-state index is 0.0564. The molecule has 0 aliphatic carbocycles. The fraction of sp³-hybridized carbons (Fsp3) is 0.333. The van der Waals surface area contributed by atoms with Gasteiger partial charge in [0, 0.05) is 25.0 Å². The van der Waals surface area contributed by atoms with Gasteiger partial charge in [0.2, 0.25) is 9.04 Å². The van der Waals surface area contributed by atoms with Crippen LogP contribution in [-0.2, 0) is 7.05 Å². The van der Waals surface area contributed by atoms with Crippen molar-refractivity contribution in [2.45, 2.75) is 26.1 Å². The largest absolute Gasteiger partial charge is 0.547 e. The molecule has 0 fully saturated rings. The second-order valence-electron chi connectivity index (χ2n) is 5.07. The van der Waals surface area contributed by atoms with Crippen molar-refractivity contribution in [3.05, 3.63) is 47.8 Å². The third kappa shape index (κ3) is 3.80. The van der Waals surface area contributed by atoms with Gasteiger partial charge >= 0.3 is 0 Å². The molecule has 0 saturated carbocycles. The Hall–Kier alpha value is -1.88. The number of nitrogens with zero attached hydrogens (tertiary/aromatic N) is 3. The summed E-state index contributed by atoms with van der Waals surface area (Å²) in [6.45, 7) is 6.40. The van der Waals surface area contributed by atoms with Crippen molar-refractivity contribution in [3.8, 4) is 5.75 Å². The summed E-state index contributed by atoms with van der Waals surface area (Å²) in [4.78, 5) is 4.58. The third-order valence-corrected chi connectivity index (χ3v) is 3.62. The van der Waals surface area contributed by atoms with Gasteiger partial charge in [0.05, 0.1) is 6.04 Å². The van der Waals surface area contributed by atoms with Gasteiger partial charge in [-0.25, -0.2) is 0 Å². The lowest BCUT2D eigenvalue weighted by molar-refractivity contribution is 0.563. The summed E-state index contributed by atoms with van der Waals surface area (Å²) in [6.07, 6.45) is 3.72. The molecule has 1 aromatic carbocycles. The van der Waals surface area contributed by atoms with Gasteiger partial charge in [-0.1, -0.05) is 18.2 Å². The molecule has 0 aliphatic heterocycles. The molecule has 4 nitrogen and oxygen atoms in total. The smallest absolute Gasteiger partial charge is 0.229 e. The zero-order chi connectivity index (χ0) is 14.5. The highest BCUT2D eigenvalue weighted by Crippen LogP contribution is 2.27. The Labute approximate surface area is 121 Å². The Bertz CT molecular complexity index is 592. The van der Waals surface area contributed by atoms with Crippen molar-refractivity contribution in [3.63, 3.8) is 0 Å². The topological polar surface area (TPSA) is 39.4 Å². The van der Waals surface area contributed by atoms with E-state index in [4.69, 9.17) is 4.43 Å². The zero-order valence-corrected chi connectivity index (χ0v) is 13.6. The van der Waals surface area contributed by atoms with E-state index < -0.39 is 9.04 Å². The molecule has 1 aromatic heterocycles. The summed E-state index contributed by atoms with van der Waals surface area (Å²) < 4.78 is 7.74. The molecule has 0 radical (unpaired) electrons. The molecule has 1 heterocycles. The van der Waals surface area contributed by atoms with Crippen LogP contribution in [0.2, 0.25) is 13.1 Å². The number of rotatable bonds is 5. The van der Waals surface area contributed by atoms with Gasteiger partial charge in [0.1, 0.15) is 11.4 Å². The van der Waals surface area contributed by atoms with E-state index in [0.29, 0.717) is 0 Å². The van der Waals surface area contributed by atoms with E-state index in [1.165, 1.54) is 0 Å². The van der Waals surface area contributed by atoms with E-state index in [1.54, 1.807) is 4.68 Å². The molecule has 0 spiro atoms. The van der Waals surface area contributed by atoms with Crippen LogP contribution in [0.15, 0.2) is 41.5 Å². The number of para-hydroxylation sites is 1. The highest BCUT2D eigenvalue weighted by atomic mass is 28.3. The fourth-order valence-electron chi connectivity index (χ4n) is 1.96. The van der Waals surface area contributed by atoms with Crippen molar-refractivity contribution < 1.29 is 4.43 Å². The summed E-state index contributed by atoms with van der Waals surface area (Å²) in [5.74, 6) is 0.958. The number of aliphatic imine (C=N–C) groups is 1. The quantitative estimate of drug-likeness (QED) is 0.626. The van der Waals surface area contributed by atoms with Crippen LogP contribution in [0.4, 0.5) is 0 Å². The molecule has 0 N–H and O–H groups in total. The van der Waals surface area contributed by atoms with Crippen molar-refractivity contribution in [2.75, 3.05) is 0 Å². The number of hydrogen-bond acceptors (Lipinski definition) is 3. The molecular weight excluding hydrogens is 266 g/mol. The molecule has 0 amide bonds. The van der Waals surface area contributed by atoms with E-state index >= 15 is 0 Å². The van der Waals surface area contributed by atoms with Crippen molar-refractivity contribution in [2.24, 2.45) is 12.0 Å². The Morgan fingerprint density at radius 3 is 2.70 bits per heavy atom. The number of benzene rings is 1. The van der Waals surface area contributed by atoms with E-state index in [1.807, 2.05) is 43.7 Å². The van der Waals surface area contributed by atoms with Crippen molar-refractivity contribution in [1.29, 1.82) is 0 Å². The van der Waals surface area contributed by atoms with Crippen molar-refractivity contribution >= 4 is 15.3 Å². The van der Waals surface area contributed by atoms with Gasteiger partial charge in [0.25, 0.3) is 0 Å². The molecule has 20 heavy (non-hydrogen) atoms. The molecule has 0 aliphatic rings. The second kappa shape index (κ2) is 6.52. The summed E-state index contributed by atoms with van der Waals surface area (Å²) in [6, 6.07) is 10.1. The van der Waals surface area contributed by atoms with Crippen LogP contribution >= 0.6 is 0 Å². The standard InChI is InChI=1S/C15H21N3OSi/c1-12(16-11-13-9-10-18(2)17-13)14-7-5-6-8-15(14)19-20(3)4/h5-12,20H,1-4H3. The van der Waals surface area contributed by atoms with Crippen LogP contribution in [-0.4, -0.2) is 25.0 Å². The summed E-state index contributed by atoms with van der Waals surface area (Å²) >= 11 is 0. The van der Waals surface area contributed by atoms with Gasteiger partial charge in [-0.15, -0.1) is 0 Å². The highest BCUT2D eigenvalue weighted by Gasteiger charge is 2.11. The average Bonchev–Trinajstić information content (AvgIpc) is 2.82. The highest BCUT2D eigenvalue weighted by molar-refractivity contribution is 6.49. The first-order valence-corrected chi connectivity index (χ1v) is 9.62. The molecule has 5 heteroatoms. The first kappa shape index (κ1) is 14.5. The van der Waals surface area contributed by atoms with E-state index in [2.05, 4.69) is 36.2 Å². The minimum atomic E-state index is -1.11. The lowest BCUT2D eigenvalue weighted by Crippen LogP contribution is -2.13. The van der Waals surface area contributed by atoms with Crippen LogP contribution < -0.4 is 4.43 Å². The first-order chi connectivity index (χ1) is 9.56. The fourth-order valence-corrected chi connectivity index (χ4v) is 2.68. The molecule has 1 unspecified atom stereocenters. The van der Waals surface area contributed by atoms with Crippen LogP contribution in [0.25, 0.3) is 0 Å². The Kier molecular flexibility index (Phi) is 4.73. The molecular formula is C15H21N3OSi. The molecule has 0 saturated heterocycles. The Balaban J connectivity index is 2.16. The molecule has 0 bridgehead atoms. The minimum Gasteiger partial charge on any atom is -0.547 e. The number of aromatic nitrogens is 2. The average molecular weight is 287 g/mol. The molecule has 106 valence electrons. The Morgan fingerprint density at radius 1 is 1.30 bits per heavy atom. The van der Waals surface area contributed by atoms with E-state index in [-0.39, 0.29) is 6.04 Å². The lowest BCUT2D eigenvalue weighted by Gasteiger charge is -2.16. The van der Waals surface area contributed by atoms with Gasteiger partial charge in [-0.3, -0.25) is 9.67 Å². The van der Waals surface area contributed by atoms with Crippen LogP contribution in [0, 0.1) is 0 Å². The van der Waals surface area contributed by atoms with Gasteiger partial charge in [-0.05, 0) is 32.2 Å². The maximum atomic E-state index is 5.97. The first-order valence-electron chi connectivity index (χ1n) is 6.84. The monoisotopic (exact) mass is 287 g/mol. The van der Waals surface area contributed by atoms with Crippen LogP contribution in [0.1, 0.15) is 24.2 Å². The molecule has 2 rings (SSSR count). The normalized spacial score (nSPS) is 13.1. The second-order valence-corrected chi connectivity index (χ2v) is 7.41. The predicted molar refractivity (Wildman–Crippen MR) is 85.2 cm³/mol. The van der Waals surface area contributed by atoms with Gasteiger partial charge < -0.3 is 4.43 Å². The van der Waals surface area contributed by atoms with Gasteiger partial charge in [-0.2, -0.15) is 5.10 Å². The number of hydrogen-bond donors (Lipinski definition) is 0. The lowest BCUT2D eigenvalue weighted by atomic mass is 10.1. The Morgan fingerprint density at radius 2 is 2.05 bits per heavy atom. The summed E-state index contributed by atoms with van der Waals surface area (Å²) in [5.41, 5.74) is 2.00. The SMILES string of the molecule is CC(N=Cc1ccn(C)n1)c1ccccc1O[SiH](C)C. The zero-order valence-electron chi connectivity index (χ0n) is 12.4. The molecule has 1 atom stereocenters. The summed E-state index contributed by atoms with van der Waals surface area (Å²) in [5, 5.41) is 4.29. The van der Waals surface area contributed by atoms with E-state index in [9.17, 15) is 0 Å². The summed E-state index contributed by atoms with van der Waals surface area (Å²) in [7, 11) is 0.790. The molecule has 2 aromatic rings. The predicted octanol–water partition coefficient (Wildman–Crippen LogP) is 2.96. The maximum Gasteiger partial charge on any atom is 0.229 e. The maximum absolute atomic E-state index is 5.97. The van der Waals surface area contributed by atoms with Crippen molar-refractivity contribution in [1.82, 2.24) is 9.78 Å². The van der Waals surface area contributed by atoms with Crippen LogP contribution in [0.3, 0.4) is 0 Å². The number of aryl methyl sites for hydroxylation is 1. The van der Waals surface area contributed by atoms with Crippen LogP contribution in [0.5, 0.6) is 5.75 Å². The third-order valence-electron chi connectivity index (χ3n) is 2.90. The van der Waals surface area contributed by atoms with E-state index in [0.717, 1.165) is 17.0 Å². The van der Waals surface area contributed by atoms with Gasteiger partial charge in [0.15, 0.2) is 0 Å².